The maximum absolute atomic E-state index is 12.9. The van der Waals surface area contributed by atoms with Gasteiger partial charge in [0.15, 0.2) is 0 Å². The summed E-state index contributed by atoms with van der Waals surface area (Å²) in [6, 6.07) is 4.58. The Hall–Kier alpha value is -2.58. The van der Waals surface area contributed by atoms with E-state index in [1.807, 2.05) is 6.07 Å². The Morgan fingerprint density at radius 2 is 1.76 bits per heavy atom. The molecule has 3 N–H and O–H groups in total. The quantitative estimate of drug-likeness (QED) is 0.720. The average molecular weight is 398 g/mol. The van der Waals surface area contributed by atoms with Gasteiger partial charge in [0.05, 0.1) is 11.1 Å². The van der Waals surface area contributed by atoms with Crippen LogP contribution in [0.15, 0.2) is 18.2 Å². The third kappa shape index (κ3) is 3.70. The zero-order valence-electron chi connectivity index (χ0n) is 16.5. The van der Waals surface area contributed by atoms with Crippen LogP contribution in [0.5, 0.6) is 0 Å². The molecular weight excluding hydrogens is 372 g/mol. The fourth-order valence-corrected chi connectivity index (χ4v) is 4.51. The molecule has 2 saturated heterocycles. The first-order valence-corrected chi connectivity index (χ1v) is 10.2. The average Bonchev–Trinajstić information content (AvgIpc) is 2.93. The summed E-state index contributed by atoms with van der Waals surface area (Å²) in [5.74, 6) is -1.35. The lowest BCUT2D eigenvalue weighted by Gasteiger charge is -2.33. The van der Waals surface area contributed by atoms with E-state index in [1.165, 1.54) is 0 Å². The van der Waals surface area contributed by atoms with Crippen molar-refractivity contribution in [3.63, 3.8) is 0 Å². The number of carbonyl (C=O) groups is 4. The van der Waals surface area contributed by atoms with E-state index < -0.39 is 23.8 Å². The van der Waals surface area contributed by atoms with Crippen LogP contribution in [0.2, 0.25) is 0 Å². The minimum Gasteiger partial charge on any atom is -0.328 e. The number of imide groups is 2. The van der Waals surface area contributed by atoms with Gasteiger partial charge in [0.1, 0.15) is 6.04 Å². The summed E-state index contributed by atoms with van der Waals surface area (Å²) in [6.45, 7) is 4.67. The van der Waals surface area contributed by atoms with Crippen molar-refractivity contribution in [2.24, 2.45) is 11.7 Å². The molecule has 0 aromatic heterocycles. The van der Waals surface area contributed by atoms with Crippen LogP contribution in [0.25, 0.3) is 0 Å². The summed E-state index contributed by atoms with van der Waals surface area (Å²) in [5, 5.41) is 2.21. The van der Waals surface area contributed by atoms with Crippen LogP contribution in [-0.4, -0.2) is 58.6 Å². The lowest BCUT2D eigenvalue weighted by molar-refractivity contribution is -0.136. The number of amides is 4. The molecule has 0 spiro atoms. The van der Waals surface area contributed by atoms with Crippen molar-refractivity contribution in [1.29, 1.82) is 0 Å². The third-order valence-corrected chi connectivity index (χ3v) is 6.29. The second kappa shape index (κ2) is 7.68. The van der Waals surface area contributed by atoms with Crippen molar-refractivity contribution in [2.45, 2.75) is 51.2 Å². The van der Waals surface area contributed by atoms with Crippen LogP contribution in [-0.2, 0) is 16.1 Å². The molecule has 3 heterocycles. The number of hydrogen-bond donors (Lipinski definition) is 2. The Balaban J connectivity index is 1.47. The summed E-state index contributed by atoms with van der Waals surface area (Å²) in [4.78, 5) is 52.5. The van der Waals surface area contributed by atoms with Crippen molar-refractivity contribution in [1.82, 2.24) is 15.1 Å². The molecule has 29 heavy (non-hydrogen) atoms. The van der Waals surface area contributed by atoms with E-state index in [1.54, 1.807) is 12.1 Å². The molecule has 1 aromatic carbocycles. The van der Waals surface area contributed by atoms with Gasteiger partial charge in [-0.3, -0.25) is 34.3 Å². The number of piperidine rings is 2. The van der Waals surface area contributed by atoms with E-state index in [9.17, 15) is 19.2 Å². The van der Waals surface area contributed by atoms with Crippen molar-refractivity contribution in [2.75, 3.05) is 13.1 Å². The van der Waals surface area contributed by atoms with Crippen LogP contribution in [0.3, 0.4) is 0 Å². The number of nitrogens with one attached hydrogen (secondary N) is 1. The van der Waals surface area contributed by atoms with Crippen LogP contribution in [0.1, 0.15) is 58.9 Å². The van der Waals surface area contributed by atoms with Crippen molar-refractivity contribution >= 4 is 23.6 Å². The molecule has 0 radical (unpaired) electrons. The first-order chi connectivity index (χ1) is 13.8. The molecule has 8 heteroatoms. The largest absolute Gasteiger partial charge is 0.328 e. The van der Waals surface area contributed by atoms with Crippen LogP contribution in [0.4, 0.5) is 0 Å². The summed E-state index contributed by atoms with van der Waals surface area (Å²) in [7, 11) is 0. The maximum Gasteiger partial charge on any atom is 0.262 e. The lowest BCUT2D eigenvalue weighted by atomic mass is 9.91. The molecule has 2 fully saturated rings. The highest BCUT2D eigenvalue weighted by Gasteiger charge is 2.44. The topological polar surface area (TPSA) is 113 Å². The minimum absolute atomic E-state index is 0.117. The second-order valence-corrected chi connectivity index (χ2v) is 8.30. The molecule has 2 atom stereocenters. The summed E-state index contributed by atoms with van der Waals surface area (Å²) < 4.78 is 0. The van der Waals surface area contributed by atoms with Gasteiger partial charge in [0.2, 0.25) is 11.8 Å². The zero-order valence-corrected chi connectivity index (χ0v) is 16.5. The van der Waals surface area contributed by atoms with Gasteiger partial charge >= 0.3 is 0 Å². The lowest BCUT2D eigenvalue weighted by Crippen LogP contribution is -2.54. The Labute approximate surface area is 169 Å². The van der Waals surface area contributed by atoms with E-state index in [0.29, 0.717) is 23.6 Å². The van der Waals surface area contributed by atoms with Gasteiger partial charge in [-0.15, -0.1) is 0 Å². The molecule has 154 valence electrons. The van der Waals surface area contributed by atoms with Gasteiger partial charge in [-0.2, -0.15) is 0 Å². The highest BCUT2D eigenvalue weighted by Crippen LogP contribution is 2.29. The van der Waals surface area contributed by atoms with Crippen molar-refractivity contribution in [3.8, 4) is 0 Å². The van der Waals surface area contributed by atoms with Crippen LogP contribution >= 0.6 is 0 Å². The van der Waals surface area contributed by atoms with Gasteiger partial charge in [-0.25, -0.2) is 0 Å². The van der Waals surface area contributed by atoms with Crippen LogP contribution in [0, 0.1) is 5.92 Å². The fraction of sp³-hybridized carbons (Fsp3) is 0.524. The molecule has 8 nitrogen and oxygen atoms in total. The molecule has 0 saturated carbocycles. The first-order valence-electron chi connectivity index (χ1n) is 10.2. The predicted molar refractivity (Wildman–Crippen MR) is 105 cm³/mol. The molecule has 3 aliphatic rings. The normalized spacial score (nSPS) is 24.6. The van der Waals surface area contributed by atoms with E-state index >= 15 is 0 Å². The number of hydrogen-bond acceptors (Lipinski definition) is 6. The molecule has 3 aliphatic heterocycles. The van der Waals surface area contributed by atoms with Crippen LogP contribution < -0.4 is 11.1 Å². The number of likely N-dealkylation sites (tertiary alicyclic amines) is 1. The first kappa shape index (κ1) is 19.7. The fourth-order valence-electron chi connectivity index (χ4n) is 4.51. The summed E-state index contributed by atoms with van der Waals surface area (Å²) in [6.07, 6.45) is 2.40. The molecule has 0 bridgehead atoms. The number of benzene rings is 1. The number of fused-ring (bicyclic) bond motifs is 1. The second-order valence-electron chi connectivity index (χ2n) is 8.30. The van der Waals surface area contributed by atoms with E-state index in [2.05, 4.69) is 17.1 Å². The SMILES string of the molecule is CC(N)C1CCN(Cc2ccc3c(c2)C(=O)N(C2CCC(=O)NC2=O)C3=O)CC1. The summed E-state index contributed by atoms with van der Waals surface area (Å²) >= 11 is 0. The molecule has 0 aliphatic carbocycles. The monoisotopic (exact) mass is 398 g/mol. The minimum atomic E-state index is -0.930. The van der Waals surface area contributed by atoms with Gasteiger partial charge in [0.25, 0.3) is 11.8 Å². The molecule has 4 amide bonds. The van der Waals surface area contributed by atoms with E-state index in [4.69, 9.17) is 5.73 Å². The maximum atomic E-state index is 12.9. The van der Waals surface area contributed by atoms with E-state index in [-0.39, 0.29) is 24.8 Å². The smallest absolute Gasteiger partial charge is 0.262 e. The van der Waals surface area contributed by atoms with Gasteiger partial charge in [-0.1, -0.05) is 6.07 Å². The highest BCUT2D eigenvalue weighted by atomic mass is 16.2. The molecule has 2 unspecified atom stereocenters. The standard InChI is InChI=1S/C21H26N4O4/c1-12(22)14-6-8-24(9-7-14)11-13-2-3-15-16(10-13)21(29)25(20(15)28)17-4-5-18(26)23-19(17)27/h2-3,10,12,14,17H,4-9,11,22H2,1H3,(H,23,26,27). The summed E-state index contributed by atoms with van der Waals surface area (Å²) in [5.41, 5.74) is 7.63. The number of rotatable bonds is 4. The number of nitrogens with two attached hydrogens (primary N) is 1. The van der Waals surface area contributed by atoms with Gasteiger partial charge in [0, 0.05) is 19.0 Å². The highest BCUT2D eigenvalue weighted by molar-refractivity contribution is 6.23. The predicted octanol–water partition coefficient (Wildman–Crippen LogP) is 0.647. The Bertz CT molecular complexity index is 873. The van der Waals surface area contributed by atoms with E-state index in [0.717, 1.165) is 36.4 Å². The Morgan fingerprint density at radius 1 is 1.07 bits per heavy atom. The number of nitrogens with zero attached hydrogens (tertiary/aromatic N) is 2. The van der Waals surface area contributed by atoms with Crippen molar-refractivity contribution in [3.05, 3.63) is 34.9 Å². The van der Waals surface area contributed by atoms with Crippen molar-refractivity contribution < 1.29 is 19.2 Å². The molecule has 1 aromatic rings. The van der Waals surface area contributed by atoms with Gasteiger partial charge < -0.3 is 5.73 Å². The molecular formula is C21H26N4O4. The number of carbonyl (C=O) groups excluding carboxylic acids is 4. The zero-order chi connectivity index (χ0) is 20.7. The van der Waals surface area contributed by atoms with Gasteiger partial charge in [-0.05, 0) is 62.9 Å². The Morgan fingerprint density at radius 3 is 2.41 bits per heavy atom. The Kier molecular flexibility index (Phi) is 5.23. The molecule has 4 rings (SSSR count). The third-order valence-electron chi connectivity index (χ3n) is 6.29.